The number of aryl methyl sites for hydroxylation is 1. The summed E-state index contributed by atoms with van der Waals surface area (Å²) >= 11 is 3.04. The summed E-state index contributed by atoms with van der Waals surface area (Å²) in [4.78, 5) is 20.9. The molecule has 0 radical (unpaired) electrons. The third-order valence-electron chi connectivity index (χ3n) is 4.09. The molecule has 146 valence electrons. The Labute approximate surface area is 170 Å². The minimum Gasteiger partial charge on any atom is -0.454 e. The van der Waals surface area contributed by atoms with Crippen molar-refractivity contribution in [2.75, 3.05) is 12.1 Å². The molecular formula is C19H19N3O4S2. The number of thioether (sulfide) groups is 1. The van der Waals surface area contributed by atoms with Crippen LogP contribution in [0.15, 0.2) is 39.2 Å². The maximum absolute atomic E-state index is 12.3. The van der Waals surface area contributed by atoms with Crippen molar-refractivity contribution in [2.24, 2.45) is 0 Å². The molecule has 1 aliphatic heterocycles. The van der Waals surface area contributed by atoms with Crippen LogP contribution in [0.2, 0.25) is 0 Å². The summed E-state index contributed by atoms with van der Waals surface area (Å²) in [6, 6.07) is 5.50. The van der Waals surface area contributed by atoms with E-state index < -0.39 is 0 Å². The number of oxazole rings is 1. The third-order valence-corrected chi connectivity index (χ3v) is 6.23. The Bertz CT molecular complexity index is 985. The largest absolute Gasteiger partial charge is 0.454 e. The molecule has 0 fully saturated rings. The van der Waals surface area contributed by atoms with Crippen molar-refractivity contribution in [3.63, 3.8) is 0 Å². The van der Waals surface area contributed by atoms with Crippen LogP contribution in [0.25, 0.3) is 0 Å². The second-order valence-electron chi connectivity index (χ2n) is 6.18. The van der Waals surface area contributed by atoms with Gasteiger partial charge in [0.2, 0.25) is 18.6 Å². The fraction of sp³-hybridized carbons (Fsp3) is 0.316. The first-order valence-electron chi connectivity index (χ1n) is 8.86. The van der Waals surface area contributed by atoms with Gasteiger partial charge < -0.3 is 19.2 Å². The number of carbonyl (C=O) groups excluding carboxylic acids is 1. The lowest BCUT2D eigenvalue weighted by Gasteiger charge is -2.04. The minimum atomic E-state index is -0.127. The molecule has 1 N–H and O–H groups in total. The van der Waals surface area contributed by atoms with E-state index in [1.807, 2.05) is 32.0 Å². The van der Waals surface area contributed by atoms with Gasteiger partial charge in [0.05, 0.1) is 28.3 Å². The van der Waals surface area contributed by atoms with Gasteiger partial charge in [-0.1, -0.05) is 24.3 Å². The number of benzene rings is 1. The van der Waals surface area contributed by atoms with Crippen molar-refractivity contribution in [3.8, 4) is 11.5 Å². The molecule has 7 nitrogen and oxygen atoms in total. The van der Waals surface area contributed by atoms with E-state index in [0.29, 0.717) is 22.5 Å². The van der Waals surface area contributed by atoms with Gasteiger partial charge in [0.25, 0.3) is 0 Å². The van der Waals surface area contributed by atoms with Gasteiger partial charge in [0.15, 0.2) is 16.6 Å². The molecule has 28 heavy (non-hydrogen) atoms. The predicted molar refractivity (Wildman–Crippen MR) is 107 cm³/mol. The van der Waals surface area contributed by atoms with Crippen LogP contribution in [-0.2, 0) is 17.6 Å². The molecule has 3 aromatic rings. The second-order valence-corrected chi connectivity index (χ2v) is 8.85. The normalized spacial score (nSPS) is 13.5. The van der Waals surface area contributed by atoms with Crippen LogP contribution in [-0.4, -0.2) is 22.7 Å². The molecule has 1 unspecified atom stereocenters. The quantitative estimate of drug-likeness (QED) is 0.568. The van der Waals surface area contributed by atoms with Crippen LogP contribution in [0.5, 0.6) is 11.5 Å². The number of ether oxygens (including phenoxy) is 2. The standard InChI is InChI=1S/C19H19N3O4S2/c1-3-13-8-20-18(26-13)11(2)27-17-9-21-19(28-17)22-16(23)7-12-4-5-14-15(6-12)25-10-24-14/h4-6,8-9,11H,3,7,10H2,1-2H3,(H,21,22,23). The number of thiazole rings is 1. The Kier molecular flexibility index (Phi) is 5.54. The van der Waals surface area contributed by atoms with Crippen LogP contribution in [0.4, 0.5) is 5.13 Å². The van der Waals surface area contributed by atoms with E-state index in [9.17, 15) is 4.79 Å². The van der Waals surface area contributed by atoms with Crippen LogP contribution in [0.3, 0.4) is 0 Å². The summed E-state index contributed by atoms with van der Waals surface area (Å²) in [6.45, 7) is 4.29. The molecule has 0 saturated heterocycles. The lowest BCUT2D eigenvalue weighted by atomic mass is 10.1. The zero-order chi connectivity index (χ0) is 19.5. The number of hydrogen-bond acceptors (Lipinski definition) is 8. The van der Waals surface area contributed by atoms with Gasteiger partial charge in [0.1, 0.15) is 5.76 Å². The Morgan fingerprint density at radius 2 is 2.14 bits per heavy atom. The van der Waals surface area contributed by atoms with Crippen LogP contribution in [0.1, 0.15) is 36.3 Å². The van der Waals surface area contributed by atoms with Gasteiger partial charge in [-0.2, -0.15) is 0 Å². The van der Waals surface area contributed by atoms with E-state index in [4.69, 9.17) is 13.9 Å². The van der Waals surface area contributed by atoms with Gasteiger partial charge >= 0.3 is 0 Å². The molecule has 9 heteroatoms. The van der Waals surface area contributed by atoms with Crippen LogP contribution < -0.4 is 14.8 Å². The highest BCUT2D eigenvalue weighted by molar-refractivity contribution is 8.01. The van der Waals surface area contributed by atoms with Crippen LogP contribution >= 0.6 is 23.1 Å². The summed E-state index contributed by atoms with van der Waals surface area (Å²) < 4.78 is 17.3. The van der Waals surface area contributed by atoms with Crippen molar-refractivity contribution < 1.29 is 18.7 Å². The number of carbonyl (C=O) groups is 1. The average molecular weight is 418 g/mol. The van der Waals surface area contributed by atoms with E-state index >= 15 is 0 Å². The molecule has 2 aromatic heterocycles. The highest BCUT2D eigenvalue weighted by atomic mass is 32.2. The van der Waals surface area contributed by atoms with Gasteiger partial charge in [0, 0.05) is 6.42 Å². The molecule has 1 aliphatic rings. The first-order valence-corrected chi connectivity index (χ1v) is 10.6. The molecular weight excluding hydrogens is 398 g/mol. The summed E-state index contributed by atoms with van der Waals surface area (Å²) in [5.41, 5.74) is 0.858. The lowest BCUT2D eigenvalue weighted by Crippen LogP contribution is -2.14. The SMILES string of the molecule is CCc1cnc(C(C)Sc2cnc(NC(=O)Cc3ccc4c(c3)OCO4)s2)o1. The van der Waals surface area contributed by atoms with Crippen molar-refractivity contribution in [3.05, 3.63) is 47.8 Å². The zero-order valence-corrected chi connectivity index (χ0v) is 17.1. The van der Waals surface area contributed by atoms with E-state index in [0.717, 1.165) is 22.0 Å². The van der Waals surface area contributed by atoms with E-state index in [2.05, 4.69) is 15.3 Å². The number of anilines is 1. The number of rotatable bonds is 7. The molecule has 0 spiro atoms. The lowest BCUT2D eigenvalue weighted by molar-refractivity contribution is -0.115. The van der Waals surface area contributed by atoms with Gasteiger partial charge in [-0.05, 0) is 24.6 Å². The second kappa shape index (κ2) is 8.24. The minimum absolute atomic E-state index is 0.0675. The summed E-state index contributed by atoms with van der Waals surface area (Å²) in [5.74, 6) is 2.83. The number of amides is 1. The van der Waals surface area contributed by atoms with Crippen LogP contribution in [0, 0.1) is 0 Å². The van der Waals surface area contributed by atoms with Crippen molar-refractivity contribution in [1.29, 1.82) is 0 Å². The first-order chi connectivity index (χ1) is 13.6. The topological polar surface area (TPSA) is 86.5 Å². The molecule has 0 saturated carbocycles. The maximum Gasteiger partial charge on any atom is 0.231 e. The molecule has 1 aromatic carbocycles. The maximum atomic E-state index is 12.3. The summed E-state index contributed by atoms with van der Waals surface area (Å²) in [6.07, 6.45) is 4.59. The Hall–Kier alpha value is -2.52. The predicted octanol–water partition coefficient (Wildman–Crippen LogP) is 4.46. The fourth-order valence-electron chi connectivity index (χ4n) is 2.67. The van der Waals surface area contributed by atoms with Gasteiger partial charge in [-0.3, -0.25) is 4.79 Å². The summed E-state index contributed by atoms with van der Waals surface area (Å²) in [7, 11) is 0. The van der Waals surface area contributed by atoms with E-state index in [1.165, 1.54) is 11.3 Å². The van der Waals surface area contributed by atoms with E-state index in [-0.39, 0.29) is 24.4 Å². The molecule has 1 atom stereocenters. The number of hydrogen-bond donors (Lipinski definition) is 1. The number of nitrogens with one attached hydrogen (secondary N) is 1. The zero-order valence-electron chi connectivity index (χ0n) is 15.4. The first kappa shape index (κ1) is 18.8. The number of aromatic nitrogens is 2. The van der Waals surface area contributed by atoms with Gasteiger partial charge in [-0.25, -0.2) is 9.97 Å². The highest BCUT2D eigenvalue weighted by Gasteiger charge is 2.17. The Morgan fingerprint density at radius 1 is 1.29 bits per heavy atom. The molecule has 4 rings (SSSR count). The Balaban J connectivity index is 1.33. The average Bonchev–Trinajstić information content (AvgIpc) is 3.41. The number of fused-ring (bicyclic) bond motifs is 1. The molecule has 1 amide bonds. The van der Waals surface area contributed by atoms with E-state index in [1.54, 1.807) is 24.2 Å². The monoisotopic (exact) mass is 417 g/mol. The van der Waals surface area contributed by atoms with Crippen molar-refractivity contribution in [2.45, 2.75) is 36.1 Å². The number of nitrogens with zero attached hydrogens (tertiary/aromatic N) is 2. The molecule has 3 heterocycles. The third kappa shape index (κ3) is 4.31. The van der Waals surface area contributed by atoms with Gasteiger partial charge in [-0.15, -0.1) is 11.8 Å². The molecule has 0 bridgehead atoms. The van der Waals surface area contributed by atoms with Crippen molar-refractivity contribution in [1.82, 2.24) is 9.97 Å². The summed E-state index contributed by atoms with van der Waals surface area (Å²) in [5, 5.41) is 3.49. The molecule has 0 aliphatic carbocycles. The smallest absolute Gasteiger partial charge is 0.231 e. The van der Waals surface area contributed by atoms with Crippen molar-refractivity contribution >= 4 is 34.1 Å². The highest BCUT2D eigenvalue weighted by Crippen LogP contribution is 2.38. The fourth-order valence-corrected chi connectivity index (χ4v) is 4.77. The Morgan fingerprint density at radius 3 is 2.96 bits per heavy atom.